The molecule has 0 fully saturated rings. The molecule has 9 heteroatoms. The largest absolute Gasteiger partial charge is 0.213 e. The zero-order valence-corrected chi connectivity index (χ0v) is 30.6. The molecule has 9 nitrogen and oxygen atoms in total. The molecule has 0 aliphatic carbocycles. The van der Waals surface area contributed by atoms with Crippen molar-refractivity contribution in [1.82, 2.24) is 44.9 Å². The molecule has 0 unspecified atom stereocenters. The van der Waals surface area contributed by atoms with E-state index in [0.29, 0.717) is 52.4 Å². The molecular weight excluding hydrogens is 691 g/mol. The molecule has 0 amide bonds. The Labute approximate surface area is 324 Å². The number of nitrogens with zero attached hydrogens (tertiary/aromatic N) is 9. The maximum absolute atomic E-state index is 5.14. The smallest absolute Gasteiger partial charge is 0.164 e. The number of rotatable bonds is 8. The lowest BCUT2D eigenvalue weighted by atomic mass is 10.0. The van der Waals surface area contributed by atoms with Gasteiger partial charge < -0.3 is 0 Å². The van der Waals surface area contributed by atoms with Crippen molar-refractivity contribution in [3.63, 3.8) is 0 Å². The molecule has 9 rings (SSSR count). The third-order valence-electron chi connectivity index (χ3n) is 9.16. The van der Waals surface area contributed by atoms with Gasteiger partial charge in [0.15, 0.2) is 40.8 Å². The second-order valence-corrected chi connectivity index (χ2v) is 13.2. The van der Waals surface area contributed by atoms with Crippen LogP contribution in [-0.2, 0) is 0 Å². The minimum atomic E-state index is 0.477. The maximum atomic E-state index is 5.14. The lowest BCUT2D eigenvalue weighted by Crippen LogP contribution is -2.03. The number of hydrogen-bond acceptors (Lipinski definition) is 9. The van der Waals surface area contributed by atoms with E-state index in [9.17, 15) is 0 Å². The van der Waals surface area contributed by atoms with Crippen LogP contribution >= 0.6 is 0 Å². The first kappa shape index (κ1) is 34.1. The predicted octanol–water partition coefficient (Wildman–Crippen LogP) is 10.2. The van der Waals surface area contributed by atoms with Gasteiger partial charge in [0.2, 0.25) is 0 Å². The lowest BCUT2D eigenvalue weighted by molar-refractivity contribution is 0.987. The average molecular weight is 724 g/mol. The summed E-state index contributed by atoms with van der Waals surface area (Å²) in [6, 6.07) is 54.3. The Bertz CT molecular complexity index is 2710. The van der Waals surface area contributed by atoms with E-state index in [0.717, 1.165) is 50.1 Å². The molecule has 0 aliphatic heterocycles. The fourth-order valence-corrected chi connectivity index (χ4v) is 6.49. The van der Waals surface area contributed by atoms with Crippen LogP contribution in [0.3, 0.4) is 0 Å². The molecule has 3 aromatic heterocycles. The Balaban J connectivity index is 1.26. The van der Waals surface area contributed by atoms with Gasteiger partial charge in [-0.15, -0.1) is 0 Å². The molecule has 0 spiro atoms. The normalized spacial score (nSPS) is 11.0. The van der Waals surface area contributed by atoms with Crippen molar-refractivity contribution in [2.75, 3.05) is 0 Å². The SMILES string of the molecule is Cc1nc(-c2ccccc2)nc(-c2cc(-c3nc(C)nc(-c4ccccc4)n3)cc(-c3nc(-c4ccccc4)nc(-c4cccc(-c5ccccc5)c4)n3)c2)n1. The number of aromatic nitrogens is 9. The first-order valence-electron chi connectivity index (χ1n) is 18.2. The average Bonchev–Trinajstić information content (AvgIpc) is 3.27. The van der Waals surface area contributed by atoms with Crippen molar-refractivity contribution in [3.8, 4) is 90.8 Å². The molecule has 0 atom stereocenters. The highest BCUT2D eigenvalue weighted by atomic mass is 15.1. The zero-order valence-electron chi connectivity index (χ0n) is 30.6. The predicted molar refractivity (Wildman–Crippen MR) is 220 cm³/mol. The van der Waals surface area contributed by atoms with Crippen LogP contribution in [0.25, 0.3) is 90.8 Å². The number of hydrogen-bond donors (Lipinski definition) is 0. The van der Waals surface area contributed by atoms with Crippen LogP contribution in [0.1, 0.15) is 11.6 Å². The summed E-state index contributed by atoms with van der Waals surface area (Å²) < 4.78 is 0. The van der Waals surface area contributed by atoms with E-state index in [4.69, 9.17) is 34.9 Å². The first-order valence-corrected chi connectivity index (χ1v) is 18.2. The molecule has 0 aliphatic rings. The maximum Gasteiger partial charge on any atom is 0.164 e. The Hall–Kier alpha value is -7.65. The third-order valence-corrected chi connectivity index (χ3v) is 9.16. The van der Waals surface area contributed by atoms with Gasteiger partial charge in [0.1, 0.15) is 11.6 Å². The summed E-state index contributed by atoms with van der Waals surface area (Å²) in [4.78, 5) is 44.2. The van der Waals surface area contributed by atoms with Gasteiger partial charge in [-0.05, 0) is 49.2 Å². The topological polar surface area (TPSA) is 116 Å². The summed E-state index contributed by atoms with van der Waals surface area (Å²) in [5, 5.41) is 0. The van der Waals surface area contributed by atoms with Gasteiger partial charge in [-0.3, -0.25) is 0 Å². The van der Waals surface area contributed by atoms with Crippen molar-refractivity contribution in [3.05, 3.63) is 175 Å². The quantitative estimate of drug-likeness (QED) is 0.151. The van der Waals surface area contributed by atoms with Crippen LogP contribution in [0.4, 0.5) is 0 Å². The van der Waals surface area contributed by atoms with Gasteiger partial charge in [0, 0.05) is 38.9 Å². The molecule has 0 N–H and O–H groups in total. The summed E-state index contributed by atoms with van der Waals surface area (Å²) in [6.45, 7) is 3.75. The molecule has 0 saturated heterocycles. The second-order valence-electron chi connectivity index (χ2n) is 13.2. The Morgan fingerprint density at radius 1 is 0.214 bits per heavy atom. The summed E-state index contributed by atoms with van der Waals surface area (Å²) in [5.74, 6) is 4.92. The van der Waals surface area contributed by atoms with Crippen LogP contribution < -0.4 is 0 Å². The van der Waals surface area contributed by atoms with Crippen molar-refractivity contribution in [2.45, 2.75) is 13.8 Å². The lowest BCUT2D eigenvalue weighted by Gasteiger charge is -2.13. The second kappa shape index (κ2) is 15.0. The van der Waals surface area contributed by atoms with Gasteiger partial charge in [-0.25, -0.2) is 44.9 Å². The monoisotopic (exact) mass is 723 g/mol. The van der Waals surface area contributed by atoms with Crippen LogP contribution in [-0.4, -0.2) is 44.9 Å². The van der Waals surface area contributed by atoms with Gasteiger partial charge in [-0.1, -0.05) is 140 Å². The third kappa shape index (κ3) is 7.29. The van der Waals surface area contributed by atoms with Crippen LogP contribution in [0.5, 0.6) is 0 Å². The molecular formula is C47H33N9. The van der Waals surface area contributed by atoms with Crippen molar-refractivity contribution in [1.29, 1.82) is 0 Å². The Kier molecular flexibility index (Phi) is 9.14. The van der Waals surface area contributed by atoms with Crippen LogP contribution in [0, 0.1) is 13.8 Å². The molecule has 6 aromatic carbocycles. The highest BCUT2D eigenvalue weighted by Gasteiger charge is 2.19. The summed E-state index contributed by atoms with van der Waals surface area (Å²) in [6.07, 6.45) is 0. The fourth-order valence-electron chi connectivity index (χ4n) is 6.49. The first-order chi connectivity index (χ1) is 27.5. The highest BCUT2D eigenvalue weighted by Crippen LogP contribution is 2.33. The number of aryl methyl sites for hydroxylation is 2. The highest BCUT2D eigenvalue weighted by molar-refractivity contribution is 5.78. The van der Waals surface area contributed by atoms with Crippen LogP contribution in [0.2, 0.25) is 0 Å². The van der Waals surface area contributed by atoms with E-state index in [-0.39, 0.29) is 0 Å². The van der Waals surface area contributed by atoms with Gasteiger partial charge in [0.25, 0.3) is 0 Å². The Morgan fingerprint density at radius 3 is 0.857 bits per heavy atom. The van der Waals surface area contributed by atoms with E-state index in [1.165, 1.54) is 0 Å². The summed E-state index contributed by atoms with van der Waals surface area (Å²) in [7, 11) is 0. The summed E-state index contributed by atoms with van der Waals surface area (Å²) in [5.41, 5.74) is 7.87. The van der Waals surface area contributed by atoms with Crippen molar-refractivity contribution >= 4 is 0 Å². The van der Waals surface area contributed by atoms with Gasteiger partial charge in [-0.2, -0.15) is 0 Å². The van der Waals surface area contributed by atoms with E-state index >= 15 is 0 Å². The van der Waals surface area contributed by atoms with Gasteiger partial charge in [0.05, 0.1) is 0 Å². The molecule has 0 saturated carbocycles. The molecule has 0 bridgehead atoms. The van der Waals surface area contributed by atoms with E-state index < -0.39 is 0 Å². The van der Waals surface area contributed by atoms with E-state index in [2.05, 4.69) is 34.2 Å². The Morgan fingerprint density at radius 2 is 0.464 bits per heavy atom. The van der Waals surface area contributed by atoms with Crippen molar-refractivity contribution < 1.29 is 0 Å². The van der Waals surface area contributed by atoms with E-state index in [1.54, 1.807) is 0 Å². The summed E-state index contributed by atoms with van der Waals surface area (Å²) >= 11 is 0. The minimum absolute atomic E-state index is 0.477. The number of benzene rings is 6. The minimum Gasteiger partial charge on any atom is -0.213 e. The standard InChI is InChI=1S/C47H33N9/c1-30-48-41(33-18-9-4-10-19-33)52-45(50-30)38-27-39(46-51-31(2)49-42(53-46)34-20-11-5-12-21-34)29-40(28-38)47-55-43(35-22-13-6-14-23-35)54-44(56-47)37-25-15-24-36(26-37)32-16-7-3-8-17-32/h3-29H,1-2H3. The van der Waals surface area contributed by atoms with Gasteiger partial charge >= 0.3 is 0 Å². The molecule has 9 aromatic rings. The van der Waals surface area contributed by atoms with E-state index in [1.807, 2.05) is 153 Å². The van der Waals surface area contributed by atoms with Crippen LogP contribution in [0.15, 0.2) is 164 Å². The molecule has 56 heavy (non-hydrogen) atoms. The fraction of sp³-hybridized carbons (Fsp3) is 0.0426. The van der Waals surface area contributed by atoms with Crippen molar-refractivity contribution in [2.24, 2.45) is 0 Å². The molecule has 0 radical (unpaired) electrons. The zero-order chi connectivity index (χ0) is 37.8. The molecule has 3 heterocycles. The molecule has 266 valence electrons.